The van der Waals surface area contributed by atoms with Crippen LogP contribution in [0.5, 0.6) is 0 Å². The van der Waals surface area contributed by atoms with Crippen LogP contribution in [0.2, 0.25) is 0 Å². The summed E-state index contributed by atoms with van der Waals surface area (Å²) >= 11 is 0. The highest BCUT2D eigenvalue weighted by Gasteiger charge is 2.19. The molecule has 0 unspecified atom stereocenters. The maximum absolute atomic E-state index is 13.4. The minimum Gasteiger partial charge on any atom is -0.383 e. The Morgan fingerprint density at radius 3 is 2.70 bits per heavy atom. The number of alkyl halides is 1. The average molecular weight is 456 g/mol. The van der Waals surface area contributed by atoms with Crippen molar-refractivity contribution in [1.29, 1.82) is 5.41 Å². The van der Waals surface area contributed by atoms with Gasteiger partial charge in [-0.05, 0) is 38.8 Å². The van der Waals surface area contributed by atoms with Crippen molar-refractivity contribution in [2.75, 3.05) is 19.0 Å². The lowest BCUT2D eigenvalue weighted by molar-refractivity contribution is 0.0920. The summed E-state index contributed by atoms with van der Waals surface area (Å²) in [6, 6.07) is 1.61. The minimum absolute atomic E-state index is 0.0229. The average Bonchev–Trinajstić information content (AvgIpc) is 3.28. The molecular formula is C23H30FN7O2. The summed E-state index contributed by atoms with van der Waals surface area (Å²) in [5.41, 5.74) is 6.92. The Morgan fingerprint density at radius 1 is 1.36 bits per heavy atom. The molecule has 176 valence electrons. The molecule has 2 rings (SSSR count). The third-order valence-corrected chi connectivity index (χ3v) is 4.18. The molecule has 0 aliphatic carbocycles. The quantitative estimate of drug-likeness (QED) is 0.317. The third-order valence-electron chi connectivity index (χ3n) is 4.18. The van der Waals surface area contributed by atoms with Crippen LogP contribution in [0.25, 0.3) is 5.70 Å². The van der Waals surface area contributed by atoms with Gasteiger partial charge in [0.15, 0.2) is 5.82 Å². The van der Waals surface area contributed by atoms with Crippen molar-refractivity contribution < 1.29 is 13.7 Å². The molecule has 9 nitrogen and oxygen atoms in total. The summed E-state index contributed by atoms with van der Waals surface area (Å²) in [7, 11) is 0. The standard InChI is InChI=1S/C23H30FN7O2/c1-5-6-7-8-15(12-24)13-27-19(18-9-10-33-31-18)11-17(25)21-28-14-16(20(26)29-21)22(32)30-23(2,3)4/h6-11,14,25,27H,5,12-13H2,1-4H3,(H,30,32)(H2,26,28,29)/b7-6-,15-8+,19-11-,25-17?. The fourth-order valence-electron chi connectivity index (χ4n) is 2.58. The van der Waals surface area contributed by atoms with Crippen molar-refractivity contribution in [3.8, 4) is 0 Å². The molecule has 33 heavy (non-hydrogen) atoms. The normalized spacial score (nSPS) is 12.8. The van der Waals surface area contributed by atoms with Crippen LogP contribution >= 0.6 is 0 Å². The van der Waals surface area contributed by atoms with Crippen molar-refractivity contribution in [3.63, 3.8) is 0 Å². The van der Waals surface area contributed by atoms with Crippen LogP contribution in [0, 0.1) is 5.41 Å². The molecule has 0 fully saturated rings. The van der Waals surface area contributed by atoms with Crippen LogP contribution in [-0.2, 0) is 0 Å². The number of hydrogen-bond acceptors (Lipinski definition) is 8. The zero-order valence-electron chi connectivity index (χ0n) is 19.3. The molecule has 0 aliphatic heterocycles. The van der Waals surface area contributed by atoms with Gasteiger partial charge in [-0.15, -0.1) is 0 Å². The summed E-state index contributed by atoms with van der Waals surface area (Å²) in [5.74, 6) is -0.419. The fourth-order valence-corrected chi connectivity index (χ4v) is 2.58. The molecule has 5 N–H and O–H groups in total. The van der Waals surface area contributed by atoms with Gasteiger partial charge in [-0.2, -0.15) is 0 Å². The summed E-state index contributed by atoms with van der Waals surface area (Å²) in [5, 5.41) is 18.1. The van der Waals surface area contributed by atoms with E-state index in [0.717, 1.165) is 6.42 Å². The van der Waals surface area contributed by atoms with Gasteiger partial charge in [-0.25, -0.2) is 14.4 Å². The Kier molecular flexibility index (Phi) is 9.02. The van der Waals surface area contributed by atoms with Crippen molar-refractivity contribution in [1.82, 2.24) is 25.8 Å². The van der Waals surface area contributed by atoms with E-state index in [9.17, 15) is 9.18 Å². The second kappa shape index (κ2) is 11.7. The van der Waals surface area contributed by atoms with Crippen LogP contribution in [0.15, 0.2) is 52.9 Å². The molecule has 0 saturated heterocycles. The van der Waals surface area contributed by atoms with Crippen molar-refractivity contribution in [2.24, 2.45) is 0 Å². The van der Waals surface area contributed by atoms with E-state index in [1.54, 1.807) is 18.2 Å². The molecule has 10 heteroatoms. The molecule has 2 aromatic heterocycles. The molecule has 2 heterocycles. The van der Waals surface area contributed by atoms with Crippen molar-refractivity contribution in [2.45, 2.75) is 39.7 Å². The van der Waals surface area contributed by atoms with Gasteiger partial charge in [-0.3, -0.25) is 10.2 Å². The Hall–Kier alpha value is -3.82. The molecule has 0 atom stereocenters. The van der Waals surface area contributed by atoms with E-state index in [2.05, 4.69) is 25.8 Å². The molecule has 0 radical (unpaired) electrons. The molecule has 0 aromatic carbocycles. The number of halogens is 1. The maximum Gasteiger partial charge on any atom is 0.257 e. The zero-order chi connectivity index (χ0) is 24.4. The number of rotatable bonds is 10. The Morgan fingerprint density at radius 2 is 2.12 bits per heavy atom. The Balaban J connectivity index is 2.25. The smallest absolute Gasteiger partial charge is 0.257 e. The number of nitrogens with one attached hydrogen (secondary N) is 3. The van der Waals surface area contributed by atoms with Crippen LogP contribution in [-0.4, -0.2) is 45.5 Å². The van der Waals surface area contributed by atoms with Gasteiger partial charge in [0.1, 0.15) is 30.2 Å². The molecule has 0 spiro atoms. The van der Waals surface area contributed by atoms with Gasteiger partial charge in [0.2, 0.25) is 0 Å². The van der Waals surface area contributed by atoms with Crippen LogP contribution in [0.1, 0.15) is 56.0 Å². The number of aromatic nitrogens is 3. The highest BCUT2D eigenvalue weighted by Crippen LogP contribution is 2.14. The van der Waals surface area contributed by atoms with Gasteiger partial charge in [0.05, 0.1) is 11.3 Å². The number of anilines is 1. The van der Waals surface area contributed by atoms with E-state index in [0.29, 0.717) is 17.0 Å². The summed E-state index contributed by atoms with van der Waals surface area (Å²) in [4.78, 5) is 20.6. The highest BCUT2D eigenvalue weighted by atomic mass is 19.1. The predicted molar refractivity (Wildman–Crippen MR) is 126 cm³/mol. The number of hydrogen-bond donors (Lipinski definition) is 4. The van der Waals surface area contributed by atoms with Crippen LogP contribution in [0.3, 0.4) is 0 Å². The second-order valence-corrected chi connectivity index (χ2v) is 8.20. The first-order valence-corrected chi connectivity index (χ1v) is 10.5. The lowest BCUT2D eigenvalue weighted by Crippen LogP contribution is -2.41. The highest BCUT2D eigenvalue weighted by molar-refractivity contribution is 6.08. The lowest BCUT2D eigenvalue weighted by atomic mass is 10.1. The number of nitrogens with zero attached hydrogens (tertiary/aromatic N) is 3. The fraction of sp³-hybridized carbons (Fsp3) is 0.348. The zero-order valence-corrected chi connectivity index (χ0v) is 19.3. The number of nitrogen functional groups attached to an aromatic ring is 1. The number of allylic oxidation sites excluding steroid dienone is 4. The number of amides is 1. The largest absolute Gasteiger partial charge is 0.383 e. The van der Waals surface area contributed by atoms with E-state index in [-0.39, 0.29) is 29.5 Å². The van der Waals surface area contributed by atoms with Crippen LogP contribution in [0.4, 0.5) is 10.2 Å². The topological polar surface area (TPSA) is 143 Å². The van der Waals surface area contributed by atoms with E-state index in [1.165, 1.54) is 18.5 Å². The first kappa shape index (κ1) is 25.4. The summed E-state index contributed by atoms with van der Waals surface area (Å²) < 4.78 is 18.3. The summed E-state index contributed by atoms with van der Waals surface area (Å²) in [6.07, 6.45) is 10.4. The Bertz CT molecular complexity index is 1050. The van der Waals surface area contributed by atoms with Crippen LogP contribution < -0.4 is 16.4 Å². The van der Waals surface area contributed by atoms with E-state index in [4.69, 9.17) is 15.7 Å². The van der Waals surface area contributed by atoms with Crippen molar-refractivity contribution >= 4 is 23.1 Å². The predicted octanol–water partition coefficient (Wildman–Crippen LogP) is 3.44. The third kappa shape index (κ3) is 7.99. The SMILES string of the molecule is CC/C=C\C=C(/CF)CN/C(=C\C(=N)c1ncc(C(=O)NC(C)(C)C)c(N)n1)c1ccon1. The van der Waals surface area contributed by atoms with E-state index in [1.807, 2.05) is 33.8 Å². The number of nitrogens with two attached hydrogens (primary N) is 1. The minimum atomic E-state index is -0.623. The molecule has 2 aromatic rings. The first-order chi connectivity index (χ1) is 15.6. The van der Waals surface area contributed by atoms with E-state index >= 15 is 0 Å². The molecule has 0 bridgehead atoms. The van der Waals surface area contributed by atoms with E-state index < -0.39 is 18.1 Å². The first-order valence-electron chi connectivity index (χ1n) is 10.5. The van der Waals surface area contributed by atoms with Gasteiger partial charge in [0, 0.05) is 24.3 Å². The van der Waals surface area contributed by atoms with Gasteiger partial charge in [0.25, 0.3) is 5.91 Å². The monoisotopic (exact) mass is 455 g/mol. The summed E-state index contributed by atoms with van der Waals surface area (Å²) in [6.45, 7) is 7.11. The molecule has 1 amide bonds. The molecule has 0 aliphatic rings. The molecular weight excluding hydrogens is 425 g/mol. The Labute approximate surface area is 192 Å². The second-order valence-electron chi connectivity index (χ2n) is 8.20. The van der Waals surface area contributed by atoms with Crippen molar-refractivity contribution in [3.05, 3.63) is 65.5 Å². The molecule has 0 saturated carbocycles. The lowest BCUT2D eigenvalue weighted by Gasteiger charge is -2.20. The maximum atomic E-state index is 13.4. The van der Waals surface area contributed by atoms with Gasteiger partial charge >= 0.3 is 0 Å². The number of carbonyl (C=O) groups excluding carboxylic acids is 1. The van der Waals surface area contributed by atoms with Gasteiger partial charge < -0.3 is 20.9 Å². The number of carbonyl (C=O) groups is 1. The van der Waals surface area contributed by atoms with Gasteiger partial charge in [-0.1, -0.05) is 30.3 Å².